The lowest BCUT2D eigenvalue weighted by Crippen LogP contribution is -2.41. The Hall–Kier alpha value is -2.77. The van der Waals surface area contributed by atoms with Crippen LogP contribution >= 0.6 is 11.6 Å². The van der Waals surface area contributed by atoms with Gasteiger partial charge in [-0.05, 0) is 62.3 Å². The predicted octanol–water partition coefficient (Wildman–Crippen LogP) is 3.76. The Labute approximate surface area is 174 Å². The van der Waals surface area contributed by atoms with E-state index in [0.29, 0.717) is 18.1 Å². The van der Waals surface area contributed by atoms with Gasteiger partial charge in [0.2, 0.25) is 0 Å². The van der Waals surface area contributed by atoms with Crippen molar-refractivity contribution >= 4 is 17.6 Å². The fourth-order valence-corrected chi connectivity index (χ4v) is 3.69. The standard InChI is InChI=1S/C21H24ClN5O2/c22-17-5-7-18(8-6-17)27-15-16(13-25-27)12-23-21(28)24-14-19(20-4-3-11-29-20)26-9-1-2-10-26/h3-8,11,13,15,19H,1-2,9-10,12,14H2,(H2,23,24,28). The van der Waals surface area contributed by atoms with Gasteiger partial charge in [-0.3, -0.25) is 4.90 Å². The van der Waals surface area contributed by atoms with Crippen LogP contribution in [0, 0.1) is 0 Å². The molecule has 29 heavy (non-hydrogen) atoms. The summed E-state index contributed by atoms with van der Waals surface area (Å²) in [5, 5.41) is 10.9. The van der Waals surface area contributed by atoms with E-state index in [1.807, 2.05) is 42.6 Å². The molecule has 1 saturated heterocycles. The van der Waals surface area contributed by atoms with Crippen molar-refractivity contribution in [2.24, 2.45) is 0 Å². The summed E-state index contributed by atoms with van der Waals surface area (Å²) in [6, 6.07) is 11.1. The van der Waals surface area contributed by atoms with Crippen LogP contribution in [0.15, 0.2) is 59.5 Å². The summed E-state index contributed by atoms with van der Waals surface area (Å²) in [6.45, 7) is 2.95. The topological polar surface area (TPSA) is 75.3 Å². The number of amides is 2. The van der Waals surface area contributed by atoms with E-state index < -0.39 is 0 Å². The zero-order chi connectivity index (χ0) is 20.1. The highest BCUT2D eigenvalue weighted by Crippen LogP contribution is 2.24. The molecule has 2 amide bonds. The maximum absolute atomic E-state index is 12.3. The molecule has 0 spiro atoms. The maximum Gasteiger partial charge on any atom is 0.315 e. The van der Waals surface area contributed by atoms with Gasteiger partial charge in [0, 0.05) is 29.9 Å². The minimum absolute atomic E-state index is 0.0610. The van der Waals surface area contributed by atoms with E-state index in [1.165, 1.54) is 12.8 Å². The van der Waals surface area contributed by atoms with Crippen molar-refractivity contribution in [2.45, 2.75) is 25.4 Å². The molecule has 1 aromatic carbocycles. The second-order valence-corrected chi connectivity index (χ2v) is 7.54. The van der Waals surface area contributed by atoms with Gasteiger partial charge in [-0.1, -0.05) is 11.6 Å². The van der Waals surface area contributed by atoms with Crippen molar-refractivity contribution in [3.05, 3.63) is 71.4 Å². The van der Waals surface area contributed by atoms with E-state index in [4.69, 9.17) is 16.0 Å². The number of nitrogens with zero attached hydrogens (tertiary/aromatic N) is 3. The molecule has 8 heteroatoms. The molecule has 0 saturated carbocycles. The fraction of sp³-hybridized carbons (Fsp3) is 0.333. The zero-order valence-electron chi connectivity index (χ0n) is 16.1. The van der Waals surface area contributed by atoms with E-state index >= 15 is 0 Å². The van der Waals surface area contributed by atoms with E-state index in [2.05, 4.69) is 20.6 Å². The van der Waals surface area contributed by atoms with Crippen LogP contribution < -0.4 is 10.6 Å². The maximum atomic E-state index is 12.3. The summed E-state index contributed by atoms with van der Waals surface area (Å²) in [5.74, 6) is 0.886. The van der Waals surface area contributed by atoms with Gasteiger partial charge in [-0.2, -0.15) is 5.10 Å². The minimum Gasteiger partial charge on any atom is -0.468 e. The van der Waals surface area contributed by atoms with Crippen LogP contribution in [0.3, 0.4) is 0 Å². The molecule has 3 heterocycles. The van der Waals surface area contributed by atoms with Gasteiger partial charge < -0.3 is 15.1 Å². The minimum atomic E-state index is -0.208. The lowest BCUT2D eigenvalue weighted by Gasteiger charge is -2.26. The van der Waals surface area contributed by atoms with Gasteiger partial charge in [-0.25, -0.2) is 9.48 Å². The Bertz CT molecular complexity index is 917. The first kappa shape index (κ1) is 19.5. The van der Waals surface area contributed by atoms with Crippen molar-refractivity contribution < 1.29 is 9.21 Å². The normalized spacial score (nSPS) is 15.3. The Morgan fingerprint density at radius 2 is 1.97 bits per heavy atom. The average Bonchev–Trinajstić information content (AvgIpc) is 3.50. The summed E-state index contributed by atoms with van der Waals surface area (Å²) in [7, 11) is 0. The zero-order valence-corrected chi connectivity index (χ0v) is 16.8. The van der Waals surface area contributed by atoms with Crippen LogP contribution in [0.1, 0.15) is 30.2 Å². The van der Waals surface area contributed by atoms with E-state index in [1.54, 1.807) is 17.1 Å². The molecular formula is C21H24ClN5O2. The number of halogens is 1. The average molecular weight is 414 g/mol. The lowest BCUT2D eigenvalue weighted by atomic mass is 10.2. The van der Waals surface area contributed by atoms with E-state index in [0.717, 1.165) is 30.1 Å². The highest BCUT2D eigenvalue weighted by atomic mass is 35.5. The third-order valence-corrected chi connectivity index (χ3v) is 5.34. The summed E-state index contributed by atoms with van der Waals surface area (Å²) in [6.07, 6.45) is 7.67. The number of likely N-dealkylation sites (tertiary alicyclic amines) is 1. The molecule has 0 bridgehead atoms. The number of benzene rings is 1. The largest absolute Gasteiger partial charge is 0.468 e. The number of rotatable bonds is 7. The van der Waals surface area contributed by atoms with Crippen LogP contribution in [-0.4, -0.2) is 40.3 Å². The third kappa shape index (κ3) is 4.99. The van der Waals surface area contributed by atoms with Gasteiger partial charge in [-0.15, -0.1) is 0 Å². The summed E-state index contributed by atoms with van der Waals surface area (Å²) < 4.78 is 7.34. The van der Waals surface area contributed by atoms with Crippen molar-refractivity contribution in [3.63, 3.8) is 0 Å². The van der Waals surface area contributed by atoms with Crippen molar-refractivity contribution in [2.75, 3.05) is 19.6 Å². The number of hydrogen-bond donors (Lipinski definition) is 2. The highest BCUT2D eigenvalue weighted by Gasteiger charge is 2.25. The number of urea groups is 1. The van der Waals surface area contributed by atoms with Crippen LogP contribution in [0.4, 0.5) is 4.79 Å². The lowest BCUT2D eigenvalue weighted by molar-refractivity contribution is 0.203. The molecule has 7 nitrogen and oxygen atoms in total. The monoisotopic (exact) mass is 413 g/mol. The molecule has 2 N–H and O–H groups in total. The van der Waals surface area contributed by atoms with Gasteiger partial charge >= 0.3 is 6.03 Å². The van der Waals surface area contributed by atoms with Crippen LogP contribution in [0.25, 0.3) is 5.69 Å². The first-order chi connectivity index (χ1) is 14.2. The highest BCUT2D eigenvalue weighted by molar-refractivity contribution is 6.30. The van der Waals surface area contributed by atoms with Crippen LogP contribution in [0.5, 0.6) is 0 Å². The second kappa shape index (κ2) is 9.15. The number of aromatic nitrogens is 2. The fourth-order valence-electron chi connectivity index (χ4n) is 3.56. The number of hydrogen-bond acceptors (Lipinski definition) is 4. The molecule has 2 aromatic heterocycles. The number of carbonyl (C=O) groups excluding carboxylic acids is 1. The third-order valence-electron chi connectivity index (χ3n) is 5.09. The molecule has 152 valence electrons. The molecule has 0 aliphatic carbocycles. The molecule has 1 aliphatic rings. The molecule has 0 radical (unpaired) electrons. The second-order valence-electron chi connectivity index (χ2n) is 7.11. The van der Waals surface area contributed by atoms with Gasteiger partial charge in [0.1, 0.15) is 5.76 Å². The molecule has 1 fully saturated rings. The first-order valence-corrected chi connectivity index (χ1v) is 10.2. The van der Waals surface area contributed by atoms with Crippen LogP contribution in [0.2, 0.25) is 5.02 Å². The number of furan rings is 1. The number of carbonyl (C=O) groups is 1. The van der Waals surface area contributed by atoms with E-state index in [9.17, 15) is 4.79 Å². The molecule has 4 rings (SSSR count). The summed E-state index contributed by atoms with van der Waals surface area (Å²) >= 11 is 5.92. The molecule has 3 aromatic rings. The van der Waals surface area contributed by atoms with Crippen molar-refractivity contribution in [3.8, 4) is 5.69 Å². The molecule has 1 unspecified atom stereocenters. The number of nitrogens with one attached hydrogen (secondary N) is 2. The summed E-state index contributed by atoms with van der Waals surface area (Å²) in [5.41, 5.74) is 1.83. The Morgan fingerprint density at radius 3 is 2.69 bits per heavy atom. The molecular weight excluding hydrogens is 390 g/mol. The van der Waals surface area contributed by atoms with Crippen LogP contribution in [-0.2, 0) is 6.54 Å². The quantitative estimate of drug-likeness (QED) is 0.618. The SMILES string of the molecule is O=C(NCc1cnn(-c2ccc(Cl)cc2)c1)NCC(c1ccco1)N1CCCC1. The Kier molecular flexibility index (Phi) is 6.17. The molecule has 1 aliphatic heterocycles. The van der Waals surface area contributed by atoms with Gasteiger partial charge in [0.15, 0.2) is 0 Å². The molecule has 1 atom stereocenters. The van der Waals surface area contributed by atoms with Crippen molar-refractivity contribution in [1.82, 2.24) is 25.3 Å². The van der Waals surface area contributed by atoms with Gasteiger partial charge in [0.05, 0.1) is 24.2 Å². The smallest absolute Gasteiger partial charge is 0.315 e. The Balaban J connectivity index is 1.29. The van der Waals surface area contributed by atoms with E-state index in [-0.39, 0.29) is 12.1 Å². The Morgan fingerprint density at radius 1 is 1.17 bits per heavy atom. The summed E-state index contributed by atoms with van der Waals surface area (Å²) in [4.78, 5) is 14.7. The predicted molar refractivity (Wildman–Crippen MR) is 111 cm³/mol. The van der Waals surface area contributed by atoms with Gasteiger partial charge in [0.25, 0.3) is 0 Å². The van der Waals surface area contributed by atoms with Crippen molar-refractivity contribution in [1.29, 1.82) is 0 Å². The first-order valence-electron chi connectivity index (χ1n) is 9.78.